The Labute approximate surface area is 88.0 Å². The Balaban J connectivity index is 2.10. The Morgan fingerprint density at radius 1 is 1.69 bits per heavy atom. The summed E-state index contributed by atoms with van der Waals surface area (Å²) in [5.41, 5.74) is 0. The number of nitrogens with zero attached hydrogens (tertiary/aromatic N) is 1. The topological polar surface area (TPSA) is 32.3 Å². The van der Waals surface area contributed by atoms with Gasteiger partial charge in [0.25, 0.3) is 4.82 Å². The number of rotatable bonds is 3. The summed E-state index contributed by atoms with van der Waals surface area (Å²) in [6.45, 7) is 3.20. The molecule has 0 aromatic carbocycles. The number of halogens is 1. The zero-order valence-corrected chi connectivity index (χ0v) is 9.64. The Morgan fingerprint density at radius 3 is 3.08 bits per heavy atom. The average molecular weight is 249 g/mol. The van der Waals surface area contributed by atoms with Gasteiger partial charge in [0.1, 0.15) is 0 Å². The molecule has 13 heavy (non-hydrogen) atoms. The van der Waals surface area contributed by atoms with Gasteiger partial charge in [-0.1, -0.05) is 0 Å². The van der Waals surface area contributed by atoms with Gasteiger partial charge >= 0.3 is 0 Å². The highest BCUT2D eigenvalue weighted by molar-refractivity contribution is 9.18. The summed E-state index contributed by atoms with van der Waals surface area (Å²) >= 11 is 2.85. The second-order valence-electron chi connectivity index (χ2n) is 3.76. The summed E-state index contributed by atoms with van der Waals surface area (Å²) in [7, 11) is 2.16. The summed E-state index contributed by atoms with van der Waals surface area (Å²) in [5, 5.41) is 2.77. The lowest BCUT2D eigenvalue weighted by Gasteiger charge is -2.29. The normalized spacial score (nSPS) is 24.3. The molecule has 0 radical (unpaired) electrons. The molecule has 0 spiro atoms. The third-order valence-corrected chi connectivity index (χ3v) is 2.82. The molecule has 0 aromatic heterocycles. The fraction of sp³-hybridized carbons (Fsp3) is 0.889. The maximum absolute atomic E-state index is 10.5. The maximum atomic E-state index is 10.5. The molecule has 0 saturated carbocycles. The van der Waals surface area contributed by atoms with Crippen LogP contribution in [0.2, 0.25) is 0 Å². The third-order valence-electron chi connectivity index (χ3n) is 2.54. The molecule has 1 aliphatic heterocycles. The summed E-state index contributed by atoms with van der Waals surface area (Å²) in [6, 6.07) is 0. The van der Waals surface area contributed by atoms with Gasteiger partial charge in [-0.25, -0.2) is 0 Å². The van der Waals surface area contributed by atoms with E-state index >= 15 is 0 Å². The van der Waals surface area contributed by atoms with Gasteiger partial charge in [-0.3, -0.25) is 4.79 Å². The highest BCUT2D eigenvalue weighted by Gasteiger charge is 2.16. The molecular formula is C9H17BrN2O. The quantitative estimate of drug-likeness (QED) is 0.611. The summed E-state index contributed by atoms with van der Waals surface area (Å²) in [4.78, 5) is 12.8. The first kappa shape index (κ1) is 11.0. The van der Waals surface area contributed by atoms with Gasteiger partial charge < -0.3 is 10.2 Å². The molecule has 1 N–H and O–H groups in total. The van der Waals surface area contributed by atoms with Crippen LogP contribution in [0, 0.1) is 5.92 Å². The van der Waals surface area contributed by atoms with Crippen LogP contribution in [0.5, 0.6) is 0 Å². The fourth-order valence-electron chi connectivity index (χ4n) is 1.88. The largest absolute Gasteiger partial charge is 0.347 e. The molecule has 1 amide bonds. The number of hydrogen-bond acceptors (Lipinski definition) is 2. The minimum Gasteiger partial charge on any atom is -0.347 e. The van der Waals surface area contributed by atoms with Gasteiger partial charge in [0.2, 0.25) is 0 Å². The predicted molar refractivity (Wildman–Crippen MR) is 57.2 cm³/mol. The molecule has 1 fully saturated rings. The highest BCUT2D eigenvalue weighted by Crippen LogP contribution is 2.17. The van der Waals surface area contributed by atoms with Crippen LogP contribution in [-0.2, 0) is 0 Å². The lowest BCUT2D eigenvalue weighted by molar-refractivity contribution is 0.201. The van der Waals surface area contributed by atoms with Crippen molar-refractivity contribution >= 4 is 20.7 Å². The molecule has 0 aliphatic carbocycles. The Hall–Kier alpha value is -0.0900. The van der Waals surface area contributed by atoms with Gasteiger partial charge in [-0.2, -0.15) is 0 Å². The summed E-state index contributed by atoms with van der Waals surface area (Å²) in [6.07, 6.45) is 3.70. The Bertz CT molecular complexity index is 175. The summed E-state index contributed by atoms with van der Waals surface area (Å²) < 4.78 is 0. The van der Waals surface area contributed by atoms with Crippen molar-refractivity contribution < 1.29 is 4.79 Å². The van der Waals surface area contributed by atoms with E-state index in [0.29, 0.717) is 0 Å². The van der Waals surface area contributed by atoms with Crippen molar-refractivity contribution in [2.75, 3.05) is 26.7 Å². The van der Waals surface area contributed by atoms with E-state index in [1.807, 2.05) is 0 Å². The molecule has 1 heterocycles. The number of carbonyl (C=O) groups excluding carboxylic acids is 1. The fourth-order valence-corrected chi connectivity index (χ4v) is 2.08. The van der Waals surface area contributed by atoms with Crippen LogP contribution in [0.1, 0.15) is 19.3 Å². The van der Waals surface area contributed by atoms with Crippen LogP contribution < -0.4 is 5.32 Å². The Kier molecular flexibility index (Phi) is 4.73. The molecule has 76 valence electrons. The first-order chi connectivity index (χ1) is 6.18. The molecule has 4 heteroatoms. The molecule has 1 unspecified atom stereocenters. The number of piperidine rings is 1. The average Bonchev–Trinajstić information content (AvgIpc) is 2.03. The van der Waals surface area contributed by atoms with E-state index < -0.39 is 0 Å². The summed E-state index contributed by atoms with van der Waals surface area (Å²) in [5.74, 6) is 0.762. The van der Waals surface area contributed by atoms with Gasteiger partial charge in [0.05, 0.1) is 0 Å². The molecule has 1 atom stereocenters. The van der Waals surface area contributed by atoms with E-state index in [9.17, 15) is 4.79 Å². The van der Waals surface area contributed by atoms with Gasteiger partial charge in [0.15, 0.2) is 0 Å². The molecule has 1 saturated heterocycles. The van der Waals surface area contributed by atoms with Crippen molar-refractivity contribution in [1.29, 1.82) is 0 Å². The third kappa shape index (κ3) is 4.62. The minimum atomic E-state index is -0.100. The molecule has 0 aromatic rings. The highest BCUT2D eigenvalue weighted by atomic mass is 79.9. The van der Waals surface area contributed by atoms with E-state index in [0.717, 1.165) is 18.9 Å². The first-order valence-electron chi connectivity index (χ1n) is 4.80. The zero-order valence-electron chi connectivity index (χ0n) is 8.05. The van der Waals surface area contributed by atoms with Crippen molar-refractivity contribution in [2.45, 2.75) is 19.3 Å². The van der Waals surface area contributed by atoms with E-state index in [4.69, 9.17) is 0 Å². The first-order valence-corrected chi connectivity index (χ1v) is 5.59. The van der Waals surface area contributed by atoms with Crippen LogP contribution in [0.15, 0.2) is 0 Å². The van der Waals surface area contributed by atoms with Crippen molar-refractivity contribution in [3.63, 3.8) is 0 Å². The standard InChI is InChI=1S/C9H17BrN2O/c1-12-6-2-3-8(7-12)4-5-11-9(10)13/h8H,2-7H2,1H3,(H,11,13). The monoisotopic (exact) mass is 248 g/mol. The van der Waals surface area contributed by atoms with Crippen LogP contribution >= 0.6 is 15.9 Å². The minimum absolute atomic E-state index is 0.100. The number of carbonyl (C=O) groups is 1. The molecule has 1 rings (SSSR count). The van der Waals surface area contributed by atoms with Crippen LogP contribution in [0.25, 0.3) is 0 Å². The SMILES string of the molecule is CN1CCCC(CCNC(=O)Br)C1. The zero-order chi connectivity index (χ0) is 9.68. The van der Waals surface area contributed by atoms with E-state index in [1.165, 1.54) is 25.9 Å². The molecule has 3 nitrogen and oxygen atoms in total. The van der Waals surface area contributed by atoms with Gasteiger partial charge in [0, 0.05) is 29.0 Å². The van der Waals surface area contributed by atoms with E-state index in [2.05, 4.69) is 33.2 Å². The Morgan fingerprint density at radius 2 is 2.46 bits per heavy atom. The lowest BCUT2D eigenvalue weighted by atomic mass is 9.95. The van der Waals surface area contributed by atoms with Crippen molar-refractivity contribution in [1.82, 2.24) is 10.2 Å². The van der Waals surface area contributed by atoms with E-state index in [1.54, 1.807) is 0 Å². The van der Waals surface area contributed by atoms with Crippen LogP contribution in [-0.4, -0.2) is 36.4 Å². The van der Waals surface area contributed by atoms with Crippen molar-refractivity contribution in [2.24, 2.45) is 5.92 Å². The number of likely N-dealkylation sites (tertiary alicyclic amines) is 1. The number of nitrogens with one attached hydrogen (secondary N) is 1. The smallest absolute Gasteiger partial charge is 0.287 e. The molecule has 0 bridgehead atoms. The predicted octanol–water partition coefficient (Wildman–Crippen LogP) is 1.82. The van der Waals surface area contributed by atoms with Gasteiger partial charge in [-0.05, 0) is 38.8 Å². The van der Waals surface area contributed by atoms with Crippen LogP contribution in [0.4, 0.5) is 4.79 Å². The number of hydrogen-bond donors (Lipinski definition) is 1. The second kappa shape index (κ2) is 5.60. The van der Waals surface area contributed by atoms with Gasteiger partial charge in [-0.15, -0.1) is 0 Å². The molecular weight excluding hydrogens is 232 g/mol. The van der Waals surface area contributed by atoms with E-state index in [-0.39, 0.29) is 4.82 Å². The number of amides is 1. The van der Waals surface area contributed by atoms with Crippen molar-refractivity contribution in [3.05, 3.63) is 0 Å². The molecule has 1 aliphatic rings. The van der Waals surface area contributed by atoms with Crippen LogP contribution in [0.3, 0.4) is 0 Å². The lowest BCUT2D eigenvalue weighted by Crippen LogP contribution is -2.33. The maximum Gasteiger partial charge on any atom is 0.287 e. The van der Waals surface area contributed by atoms with Crippen molar-refractivity contribution in [3.8, 4) is 0 Å². The second-order valence-corrected chi connectivity index (χ2v) is 4.48.